The summed E-state index contributed by atoms with van der Waals surface area (Å²) in [6.45, 7) is 4.47. The van der Waals surface area contributed by atoms with Crippen LogP contribution in [0.25, 0.3) is 0 Å². The highest BCUT2D eigenvalue weighted by molar-refractivity contribution is 9.10. The minimum absolute atomic E-state index is 0.0566. The molecule has 1 aromatic rings. The summed E-state index contributed by atoms with van der Waals surface area (Å²) in [5.41, 5.74) is 7.73. The number of nitrogens with two attached hydrogens (primary N) is 1. The van der Waals surface area contributed by atoms with Gasteiger partial charge < -0.3 is 5.73 Å². The maximum absolute atomic E-state index is 11.7. The van der Waals surface area contributed by atoms with E-state index in [2.05, 4.69) is 20.9 Å². The largest absolute Gasteiger partial charge is 0.326 e. The van der Waals surface area contributed by atoms with E-state index in [1.807, 2.05) is 19.9 Å². The fourth-order valence-electron chi connectivity index (χ4n) is 1.89. The van der Waals surface area contributed by atoms with Gasteiger partial charge in [-0.2, -0.15) is 0 Å². The molecular weight excluding hydrogens is 270 g/mol. The summed E-state index contributed by atoms with van der Waals surface area (Å²) in [7, 11) is 0. The molecule has 1 aliphatic rings. The van der Waals surface area contributed by atoms with Crippen molar-refractivity contribution in [3.05, 3.63) is 21.8 Å². The molecule has 0 saturated carbocycles. The molecule has 1 saturated heterocycles. The van der Waals surface area contributed by atoms with Gasteiger partial charge in [0.2, 0.25) is 5.91 Å². The zero-order chi connectivity index (χ0) is 11.9. The van der Waals surface area contributed by atoms with E-state index in [1.54, 1.807) is 4.90 Å². The monoisotopic (exact) mass is 283 g/mol. The number of anilines is 1. The average molecular weight is 284 g/mol. The molecule has 1 unspecified atom stereocenters. The second kappa shape index (κ2) is 4.14. The first kappa shape index (κ1) is 11.5. The Morgan fingerprint density at radius 3 is 2.75 bits per heavy atom. The van der Waals surface area contributed by atoms with Crippen LogP contribution < -0.4 is 10.6 Å². The Kier molecular flexibility index (Phi) is 2.99. The second-order valence-electron chi connectivity index (χ2n) is 4.17. The van der Waals surface area contributed by atoms with Gasteiger partial charge in [-0.25, -0.2) is 4.98 Å². The summed E-state index contributed by atoms with van der Waals surface area (Å²) in [5.74, 6) is 0.761. The fourth-order valence-corrected chi connectivity index (χ4v) is 2.09. The Balaban J connectivity index is 2.38. The average Bonchev–Trinajstić information content (AvgIpc) is 2.53. The Hall–Kier alpha value is -0.940. The van der Waals surface area contributed by atoms with Gasteiger partial charge in [0, 0.05) is 23.5 Å². The number of halogens is 1. The number of hydrogen-bond acceptors (Lipinski definition) is 3. The molecule has 1 aromatic heterocycles. The number of pyridine rings is 1. The summed E-state index contributed by atoms with van der Waals surface area (Å²) < 4.78 is 0.993. The summed E-state index contributed by atoms with van der Waals surface area (Å²) >= 11 is 3.46. The Morgan fingerprint density at radius 1 is 1.56 bits per heavy atom. The third-order valence-electron chi connectivity index (χ3n) is 2.72. The van der Waals surface area contributed by atoms with Gasteiger partial charge >= 0.3 is 0 Å². The second-order valence-corrected chi connectivity index (χ2v) is 4.96. The highest BCUT2D eigenvalue weighted by atomic mass is 79.9. The first-order chi connectivity index (χ1) is 7.49. The van der Waals surface area contributed by atoms with Crippen LogP contribution >= 0.6 is 15.9 Å². The van der Waals surface area contributed by atoms with Crippen molar-refractivity contribution in [3.63, 3.8) is 0 Å². The minimum atomic E-state index is -0.0708. The lowest BCUT2D eigenvalue weighted by Crippen LogP contribution is -2.28. The third kappa shape index (κ3) is 1.97. The van der Waals surface area contributed by atoms with Crippen molar-refractivity contribution < 1.29 is 4.79 Å². The van der Waals surface area contributed by atoms with Crippen LogP contribution in [0.2, 0.25) is 0 Å². The van der Waals surface area contributed by atoms with Crippen LogP contribution in [0.15, 0.2) is 10.5 Å². The molecule has 0 aliphatic carbocycles. The molecule has 5 heteroatoms. The summed E-state index contributed by atoms with van der Waals surface area (Å²) in [4.78, 5) is 17.8. The zero-order valence-corrected chi connectivity index (χ0v) is 10.9. The molecule has 1 amide bonds. The number of aromatic nitrogens is 1. The number of aryl methyl sites for hydroxylation is 2. The highest BCUT2D eigenvalue weighted by Gasteiger charge is 2.29. The van der Waals surface area contributed by atoms with Gasteiger partial charge in [-0.05, 0) is 41.4 Å². The van der Waals surface area contributed by atoms with Crippen molar-refractivity contribution in [3.8, 4) is 0 Å². The predicted octanol–water partition coefficient (Wildman–Crippen LogP) is 1.52. The molecule has 4 nitrogen and oxygen atoms in total. The maximum atomic E-state index is 11.7. The molecule has 0 spiro atoms. The van der Waals surface area contributed by atoms with Crippen molar-refractivity contribution in [1.82, 2.24) is 4.98 Å². The van der Waals surface area contributed by atoms with Crippen molar-refractivity contribution in [2.24, 2.45) is 5.73 Å². The predicted molar refractivity (Wildman–Crippen MR) is 66.4 cm³/mol. The molecule has 2 heterocycles. The van der Waals surface area contributed by atoms with Gasteiger partial charge in [-0.1, -0.05) is 0 Å². The van der Waals surface area contributed by atoms with Gasteiger partial charge in [0.05, 0.1) is 5.69 Å². The van der Waals surface area contributed by atoms with E-state index in [0.29, 0.717) is 18.8 Å². The van der Waals surface area contributed by atoms with E-state index in [4.69, 9.17) is 5.73 Å². The van der Waals surface area contributed by atoms with Gasteiger partial charge in [0.1, 0.15) is 5.82 Å². The molecule has 1 atom stereocenters. The van der Waals surface area contributed by atoms with E-state index < -0.39 is 0 Å². The Labute approximate surface area is 103 Å². The van der Waals surface area contributed by atoms with Crippen molar-refractivity contribution in [2.45, 2.75) is 26.3 Å². The lowest BCUT2D eigenvalue weighted by molar-refractivity contribution is -0.117. The quantitative estimate of drug-likeness (QED) is 0.850. The smallest absolute Gasteiger partial charge is 0.229 e. The van der Waals surface area contributed by atoms with Gasteiger partial charge in [0.25, 0.3) is 0 Å². The number of carbonyl (C=O) groups excluding carboxylic acids is 1. The number of hydrogen-bond donors (Lipinski definition) is 1. The zero-order valence-electron chi connectivity index (χ0n) is 9.33. The van der Waals surface area contributed by atoms with Gasteiger partial charge in [-0.15, -0.1) is 0 Å². The van der Waals surface area contributed by atoms with Crippen molar-refractivity contribution in [2.75, 3.05) is 11.4 Å². The Bertz CT molecular complexity index is 424. The van der Waals surface area contributed by atoms with Gasteiger partial charge in [0.15, 0.2) is 0 Å². The van der Waals surface area contributed by atoms with Gasteiger partial charge in [-0.3, -0.25) is 9.69 Å². The molecule has 2 rings (SSSR count). The molecule has 1 fully saturated rings. The molecule has 1 aliphatic heterocycles. The van der Waals surface area contributed by atoms with Crippen LogP contribution in [0.4, 0.5) is 5.82 Å². The molecule has 86 valence electrons. The summed E-state index contributed by atoms with van der Waals surface area (Å²) in [5, 5.41) is 0. The van der Waals surface area contributed by atoms with Crippen LogP contribution in [0.5, 0.6) is 0 Å². The minimum Gasteiger partial charge on any atom is -0.326 e. The fraction of sp³-hybridized carbons (Fsp3) is 0.455. The summed E-state index contributed by atoms with van der Waals surface area (Å²) in [6.07, 6.45) is 0.413. The van der Waals surface area contributed by atoms with Crippen LogP contribution in [0.3, 0.4) is 0 Å². The van der Waals surface area contributed by atoms with E-state index in [9.17, 15) is 4.79 Å². The number of amides is 1. The maximum Gasteiger partial charge on any atom is 0.229 e. The number of nitrogens with zero attached hydrogens (tertiary/aromatic N) is 2. The third-order valence-corrected chi connectivity index (χ3v) is 3.92. The van der Waals surface area contributed by atoms with E-state index >= 15 is 0 Å². The van der Waals surface area contributed by atoms with Crippen LogP contribution in [0, 0.1) is 13.8 Å². The number of carbonyl (C=O) groups is 1. The van der Waals surface area contributed by atoms with Crippen molar-refractivity contribution >= 4 is 27.7 Å². The first-order valence-electron chi connectivity index (χ1n) is 5.18. The van der Waals surface area contributed by atoms with Crippen LogP contribution in [0.1, 0.15) is 17.7 Å². The molecule has 16 heavy (non-hydrogen) atoms. The van der Waals surface area contributed by atoms with E-state index in [-0.39, 0.29) is 11.9 Å². The molecular formula is C11H14BrN3O. The topological polar surface area (TPSA) is 59.2 Å². The van der Waals surface area contributed by atoms with Crippen LogP contribution in [-0.2, 0) is 4.79 Å². The lowest BCUT2D eigenvalue weighted by atomic mass is 10.2. The summed E-state index contributed by atoms with van der Waals surface area (Å²) in [6, 6.07) is 1.84. The van der Waals surface area contributed by atoms with Crippen LogP contribution in [-0.4, -0.2) is 23.5 Å². The molecule has 0 aromatic carbocycles. The molecule has 2 N–H and O–H groups in total. The highest BCUT2D eigenvalue weighted by Crippen LogP contribution is 2.26. The molecule has 0 radical (unpaired) electrons. The van der Waals surface area contributed by atoms with E-state index in [0.717, 1.165) is 15.7 Å². The van der Waals surface area contributed by atoms with Crippen molar-refractivity contribution in [1.29, 1.82) is 0 Å². The SMILES string of the molecule is Cc1cc(N2CC(N)CC2=O)nc(C)c1Br. The molecule has 0 bridgehead atoms. The Morgan fingerprint density at radius 2 is 2.25 bits per heavy atom. The first-order valence-corrected chi connectivity index (χ1v) is 5.98. The normalized spacial score (nSPS) is 20.6. The standard InChI is InChI=1S/C11H14BrN3O/c1-6-3-9(14-7(2)11(6)12)15-5-8(13)4-10(15)16/h3,8H,4-5,13H2,1-2H3. The van der Waals surface area contributed by atoms with E-state index in [1.165, 1.54) is 0 Å². The number of rotatable bonds is 1. The lowest BCUT2D eigenvalue weighted by Gasteiger charge is -2.17.